The van der Waals surface area contributed by atoms with Crippen molar-refractivity contribution in [2.24, 2.45) is 0 Å². The van der Waals surface area contributed by atoms with Gasteiger partial charge in [0.05, 0.1) is 10.6 Å². The first-order valence-corrected chi connectivity index (χ1v) is 6.33. The molecule has 0 aliphatic heterocycles. The van der Waals surface area contributed by atoms with E-state index in [1.807, 2.05) is 13.8 Å². The maximum absolute atomic E-state index is 10.9. The number of halogens is 1. The fourth-order valence-electron chi connectivity index (χ4n) is 1.46. The van der Waals surface area contributed by atoms with Crippen LogP contribution in [0.15, 0.2) is 22.7 Å². The van der Waals surface area contributed by atoms with Crippen molar-refractivity contribution in [1.82, 2.24) is 10.1 Å². The predicted octanol–water partition coefficient (Wildman–Crippen LogP) is 3.12. The van der Waals surface area contributed by atoms with Crippen molar-refractivity contribution in [3.63, 3.8) is 0 Å². The summed E-state index contributed by atoms with van der Waals surface area (Å²) in [5, 5.41) is 12.9. The molecule has 0 fully saturated rings. The van der Waals surface area contributed by atoms with Gasteiger partial charge in [-0.15, -0.1) is 0 Å². The Hall–Kier alpha value is -2.08. The van der Waals surface area contributed by atoms with Gasteiger partial charge in [-0.05, 0) is 18.2 Å². The van der Waals surface area contributed by atoms with E-state index in [0.29, 0.717) is 17.5 Å². The topological polar surface area (TPSA) is 85.5 Å². The number of carbonyl (C=O) groups is 1. The van der Waals surface area contributed by atoms with Gasteiger partial charge < -0.3 is 14.4 Å². The molecule has 1 aromatic heterocycles. The summed E-state index contributed by atoms with van der Waals surface area (Å²) < 4.78 is 10.4. The molecule has 0 aliphatic rings. The van der Waals surface area contributed by atoms with Crippen molar-refractivity contribution < 1.29 is 19.2 Å². The average molecular weight is 297 g/mol. The minimum absolute atomic E-state index is 0.0161. The molecular weight excluding hydrogens is 284 g/mol. The van der Waals surface area contributed by atoms with E-state index in [1.54, 1.807) is 6.07 Å². The summed E-state index contributed by atoms with van der Waals surface area (Å²) in [6.07, 6.45) is 0. The molecule has 0 aliphatic carbocycles. The van der Waals surface area contributed by atoms with Gasteiger partial charge in [0.1, 0.15) is 5.75 Å². The molecule has 0 amide bonds. The Morgan fingerprint density at radius 3 is 2.85 bits per heavy atom. The smallest absolute Gasteiger partial charge is 0.337 e. The number of benzene rings is 1. The standard InChI is InChI=1S/C13H13ClN2O4/c1-7(2)12-15-11(20-16-12)6-19-8-3-4-10(14)9(5-8)13(17)18/h3-5,7H,6H2,1-2H3,(H,17,18). The molecule has 2 rings (SSSR count). The average Bonchev–Trinajstić information content (AvgIpc) is 2.86. The second-order valence-corrected chi connectivity index (χ2v) is 4.84. The van der Waals surface area contributed by atoms with Crippen LogP contribution in [0.4, 0.5) is 0 Å². The number of hydrogen-bond donors (Lipinski definition) is 1. The molecule has 0 saturated carbocycles. The highest BCUT2D eigenvalue weighted by Gasteiger charge is 2.12. The molecule has 0 spiro atoms. The molecule has 0 unspecified atom stereocenters. The molecule has 1 aromatic carbocycles. The van der Waals surface area contributed by atoms with E-state index in [1.165, 1.54) is 12.1 Å². The number of hydrogen-bond acceptors (Lipinski definition) is 5. The van der Waals surface area contributed by atoms with Crippen LogP contribution in [0.5, 0.6) is 5.75 Å². The number of ether oxygens (including phenoxy) is 1. The summed E-state index contributed by atoms with van der Waals surface area (Å²) in [6.45, 7) is 3.97. The Balaban J connectivity index is 2.06. The molecule has 6 nitrogen and oxygen atoms in total. The summed E-state index contributed by atoms with van der Waals surface area (Å²) >= 11 is 5.77. The minimum Gasteiger partial charge on any atom is -0.484 e. The SMILES string of the molecule is CC(C)c1noc(COc2ccc(Cl)c(C(=O)O)c2)n1. The third-order valence-electron chi connectivity index (χ3n) is 2.53. The van der Waals surface area contributed by atoms with Crippen molar-refractivity contribution >= 4 is 17.6 Å². The van der Waals surface area contributed by atoms with Crippen LogP contribution in [0, 0.1) is 0 Å². The van der Waals surface area contributed by atoms with Crippen molar-refractivity contribution in [2.45, 2.75) is 26.4 Å². The van der Waals surface area contributed by atoms with E-state index in [2.05, 4.69) is 10.1 Å². The van der Waals surface area contributed by atoms with Crippen molar-refractivity contribution in [2.75, 3.05) is 0 Å². The zero-order valence-corrected chi connectivity index (χ0v) is 11.7. The Morgan fingerprint density at radius 2 is 2.25 bits per heavy atom. The Bertz CT molecular complexity index is 625. The van der Waals surface area contributed by atoms with Gasteiger partial charge in [-0.1, -0.05) is 30.6 Å². The van der Waals surface area contributed by atoms with Gasteiger partial charge in [0.25, 0.3) is 5.89 Å². The first-order chi connectivity index (χ1) is 9.47. The largest absolute Gasteiger partial charge is 0.484 e. The molecule has 106 valence electrons. The third-order valence-corrected chi connectivity index (χ3v) is 2.86. The summed E-state index contributed by atoms with van der Waals surface area (Å²) in [7, 11) is 0. The van der Waals surface area contributed by atoms with Gasteiger partial charge in [-0.25, -0.2) is 4.79 Å². The fraction of sp³-hybridized carbons (Fsp3) is 0.308. The summed E-state index contributed by atoms with van der Waals surface area (Å²) in [5.74, 6) is 0.365. The maximum atomic E-state index is 10.9. The summed E-state index contributed by atoms with van der Waals surface area (Å²) in [5.41, 5.74) is -0.0161. The Kier molecular flexibility index (Phi) is 4.24. The zero-order valence-electron chi connectivity index (χ0n) is 11.0. The molecule has 0 radical (unpaired) electrons. The van der Waals surface area contributed by atoms with Crippen LogP contribution >= 0.6 is 11.6 Å². The highest BCUT2D eigenvalue weighted by molar-refractivity contribution is 6.33. The molecule has 7 heteroatoms. The number of aromatic nitrogens is 2. The molecular formula is C13H13ClN2O4. The maximum Gasteiger partial charge on any atom is 0.337 e. The third kappa shape index (κ3) is 3.27. The summed E-state index contributed by atoms with van der Waals surface area (Å²) in [4.78, 5) is 15.1. The lowest BCUT2D eigenvalue weighted by atomic mass is 10.2. The van der Waals surface area contributed by atoms with Crippen LogP contribution in [0.2, 0.25) is 5.02 Å². The number of rotatable bonds is 5. The number of carboxylic acids is 1. The van der Waals surface area contributed by atoms with Gasteiger partial charge in [0.2, 0.25) is 0 Å². The Morgan fingerprint density at radius 1 is 1.50 bits per heavy atom. The first-order valence-electron chi connectivity index (χ1n) is 5.95. The van der Waals surface area contributed by atoms with Crippen LogP contribution < -0.4 is 4.74 Å². The van der Waals surface area contributed by atoms with E-state index in [4.69, 9.17) is 26.0 Å². The van der Waals surface area contributed by atoms with Crippen LogP contribution in [0.25, 0.3) is 0 Å². The quantitative estimate of drug-likeness (QED) is 0.912. The van der Waals surface area contributed by atoms with Crippen LogP contribution in [-0.4, -0.2) is 21.2 Å². The zero-order chi connectivity index (χ0) is 14.7. The molecule has 0 atom stereocenters. The minimum atomic E-state index is -1.11. The first kappa shape index (κ1) is 14.3. The second kappa shape index (κ2) is 5.92. The summed E-state index contributed by atoms with van der Waals surface area (Å²) in [6, 6.07) is 4.40. The molecule has 0 bridgehead atoms. The molecule has 1 heterocycles. The van der Waals surface area contributed by atoms with Crippen LogP contribution in [-0.2, 0) is 6.61 Å². The molecule has 1 N–H and O–H groups in total. The van der Waals surface area contributed by atoms with Gasteiger partial charge in [0.15, 0.2) is 12.4 Å². The van der Waals surface area contributed by atoms with E-state index in [9.17, 15) is 4.79 Å². The van der Waals surface area contributed by atoms with Crippen molar-refractivity contribution in [3.8, 4) is 5.75 Å². The highest BCUT2D eigenvalue weighted by Crippen LogP contribution is 2.22. The van der Waals surface area contributed by atoms with E-state index >= 15 is 0 Å². The van der Waals surface area contributed by atoms with Gasteiger partial charge >= 0.3 is 5.97 Å². The van der Waals surface area contributed by atoms with Gasteiger partial charge in [0, 0.05) is 5.92 Å². The van der Waals surface area contributed by atoms with Crippen LogP contribution in [0.1, 0.15) is 41.8 Å². The number of nitrogens with zero attached hydrogens (tertiary/aromatic N) is 2. The number of aromatic carboxylic acids is 1. The molecule has 0 saturated heterocycles. The van der Waals surface area contributed by atoms with Crippen molar-refractivity contribution in [1.29, 1.82) is 0 Å². The van der Waals surface area contributed by atoms with Crippen LogP contribution in [0.3, 0.4) is 0 Å². The molecule has 20 heavy (non-hydrogen) atoms. The van der Waals surface area contributed by atoms with Gasteiger partial charge in [-0.2, -0.15) is 4.98 Å². The lowest BCUT2D eigenvalue weighted by Gasteiger charge is -2.05. The second-order valence-electron chi connectivity index (χ2n) is 4.44. The van der Waals surface area contributed by atoms with E-state index in [-0.39, 0.29) is 23.1 Å². The lowest BCUT2D eigenvalue weighted by Crippen LogP contribution is -2.00. The highest BCUT2D eigenvalue weighted by atomic mass is 35.5. The van der Waals surface area contributed by atoms with Crippen molar-refractivity contribution in [3.05, 3.63) is 40.5 Å². The van der Waals surface area contributed by atoms with E-state index in [0.717, 1.165) is 0 Å². The predicted molar refractivity (Wildman–Crippen MR) is 71.1 cm³/mol. The monoisotopic (exact) mass is 296 g/mol. The fourth-order valence-corrected chi connectivity index (χ4v) is 1.66. The van der Waals surface area contributed by atoms with E-state index < -0.39 is 5.97 Å². The Labute approximate surface area is 120 Å². The normalized spacial score (nSPS) is 10.8. The molecule has 2 aromatic rings. The van der Waals surface area contributed by atoms with Gasteiger partial charge in [-0.3, -0.25) is 0 Å². The number of carboxylic acid groups (broad SMARTS) is 1. The lowest BCUT2D eigenvalue weighted by molar-refractivity contribution is 0.0696.